The smallest absolute Gasteiger partial charge is 0.0796 e. The number of hydrogen-bond acceptors (Lipinski definition) is 2. The standard InChI is InChI=1S/C13H20O2/c1-3-15-11(2)13-8-4-6-12(10-13)7-5-9-14/h4,6,8,10-11,14H,3,5,7,9H2,1-2H3. The van der Waals surface area contributed by atoms with Gasteiger partial charge in [0, 0.05) is 13.2 Å². The van der Waals surface area contributed by atoms with Crippen LogP contribution in [0, 0.1) is 0 Å². The van der Waals surface area contributed by atoms with Crippen LogP contribution in [0.5, 0.6) is 0 Å². The fourth-order valence-electron chi connectivity index (χ4n) is 1.63. The van der Waals surface area contributed by atoms with Crippen molar-refractivity contribution < 1.29 is 9.84 Å². The van der Waals surface area contributed by atoms with Gasteiger partial charge in [-0.05, 0) is 37.8 Å². The van der Waals surface area contributed by atoms with Crippen LogP contribution in [0.1, 0.15) is 37.5 Å². The predicted molar refractivity (Wildman–Crippen MR) is 61.9 cm³/mol. The van der Waals surface area contributed by atoms with Crippen LogP contribution in [-0.2, 0) is 11.2 Å². The van der Waals surface area contributed by atoms with Crippen molar-refractivity contribution >= 4 is 0 Å². The van der Waals surface area contributed by atoms with Gasteiger partial charge in [0.15, 0.2) is 0 Å². The van der Waals surface area contributed by atoms with E-state index in [1.165, 1.54) is 11.1 Å². The minimum atomic E-state index is 0.157. The van der Waals surface area contributed by atoms with Crippen LogP contribution in [0.4, 0.5) is 0 Å². The van der Waals surface area contributed by atoms with Crippen LogP contribution in [0.25, 0.3) is 0 Å². The molecule has 0 heterocycles. The fourth-order valence-corrected chi connectivity index (χ4v) is 1.63. The first kappa shape index (κ1) is 12.2. The normalized spacial score (nSPS) is 12.7. The highest BCUT2D eigenvalue weighted by molar-refractivity contribution is 5.25. The van der Waals surface area contributed by atoms with E-state index in [1.54, 1.807) is 0 Å². The van der Waals surface area contributed by atoms with Crippen LogP contribution in [0.2, 0.25) is 0 Å². The Hall–Kier alpha value is -0.860. The van der Waals surface area contributed by atoms with E-state index in [2.05, 4.69) is 31.2 Å². The van der Waals surface area contributed by atoms with Crippen molar-refractivity contribution in [1.82, 2.24) is 0 Å². The van der Waals surface area contributed by atoms with E-state index >= 15 is 0 Å². The van der Waals surface area contributed by atoms with Gasteiger partial charge in [-0.3, -0.25) is 0 Å². The third-order valence-electron chi connectivity index (χ3n) is 2.46. The van der Waals surface area contributed by atoms with E-state index in [9.17, 15) is 0 Å². The zero-order valence-electron chi connectivity index (χ0n) is 9.57. The summed E-state index contributed by atoms with van der Waals surface area (Å²) in [6.07, 6.45) is 1.92. The number of aliphatic hydroxyl groups is 1. The maximum atomic E-state index is 8.77. The van der Waals surface area contributed by atoms with Gasteiger partial charge >= 0.3 is 0 Å². The molecule has 0 radical (unpaired) electrons. The Morgan fingerprint density at radius 1 is 1.40 bits per heavy atom. The van der Waals surface area contributed by atoms with Gasteiger partial charge in [0.2, 0.25) is 0 Å². The summed E-state index contributed by atoms with van der Waals surface area (Å²) in [6.45, 7) is 5.06. The number of rotatable bonds is 6. The number of ether oxygens (including phenoxy) is 1. The zero-order valence-corrected chi connectivity index (χ0v) is 9.57. The highest BCUT2D eigenvalue weighted by atomic mass is 16.5. The molecule has 0 amide bonds. The van der Waals surface area contributed by atoms with E-state index in [-0.39, 0.29) is 12.7 Å². The third-order valence-corrected chi connectivity index (χ3v) is 2.46. The third kappa shape index (κ3) is 4.02. The number of benzene rings is 1. The van der Waals surface area contributed by atoms with Gasteiger partial charge in [-0.2, -0.15) is 0 Å². The monoisotopic (exact) mass is 208 g/mol. The lowest BCUT2D eigenvalue weighted by atomic mass is 10.0. The number of aryl methyl sites for hydroxylation is 1. The molecule has 0 bridgehead atoms. The molecular weight excluding hydrogens is 188 g/mol. The second-order valence-electron chi connectivity index (χ2n) is 3.67. The topological polar surface area (TPSA) is 29.5 Å². The molecule has 1 N–H and O–H groups in total. The molecule has 0 saturated heterocycles. The Morgan fingerprint density at radius 3 is 2.87 bits per heavy atom. The highest BCUT2D eigenvalue weighted by Gasteiger charge is 2.04. The van der Waals surface area contributed by atoms with Crippen molar-refractivity contribution in [3.8, 4) is 0 Å². The van der Waals surface area contributed by atoms with E-state index in [0.29, 0.717) is 0 Å². The first-order valence-corrected chi connectivity index (χ1v) is 5.59. The maximum Gasteiger partial charge on any atom is 0.0796 e. The van der Waals surface area contributed by atoms with Crippen LogP contribution >= 0.6 is 0 Å². The van der Waals surface area contributed by atoms with Gasteiger partial charge in [0.1, 0.15) is 0 Å². The van der Waals surface area contributed by atoms with Crippen LogP contribution in [0.15, 0.2) is 24.3 Å². The molecule has 1 rings (SSSR count). The molecule has 1 unspecified atom stereocenters. The molecule has 15 heavy (non-hydrogen) atoms. The highest BCUT2D eigenvalue weighted by Crippen LogP contribution is 2.18. The van der Waals surface area contributed by atoms with Gasteiger partial charge in [0.25, 0.3) is 0 Å². The maximum absolute atomic E-state index is 8.77. The van der Waals surface area contributed by atoms with Crippen molar-refractivity contribution in [3.05, 3.63) is 35.4 Å². The molecular formula is C13H20O2. The summed E-state index contributed by atoms with van der Waals surface area (Å²) in [4.78, 5) is 0. The summed E-state index contributed by atoms with van der Waals surface area (Å²) in [6, 6.07) is 8.40. The predicted octanol–water partition coefficient (Wildman–Crippen LogP) is 2.71. The van der Waals surface area contributed by atoms with E-state index in [1.807, 2.05) is 6.92 Å². The minimum Gasteiger partial charge on any atom is -0.396 e. The summed E-state index contributed by atoms with van der Waals surface area (Å²) in [7, 11) is 0. The van der Waals surface area contributed by atoms with Crippen molar-refractivity contribution in [1.29, 1.82) is 0 Å². The van der Waals surface area contributed by atoms with Crippen molar-refractivity contribution in [2.24, 2.45) is 0 Å². The summed E-state index contributed by atoms with van der Waals surface area (Å²) < 4.78 is 5.54. The summed E-state index contributed by atoms with van der Waals surface area (Å²) >= 11 is 0. The lowest BCUT2D eigenvalue weighted by Gasteiger charge is -2.13. The van der Waals surface area contributed by atoms with Gasteiger partial charge in [-0.15, -0.1) is 0 Å². The number of hydrogen-bond donors (Lipinski definition) is 1. The lowest BCUT2D eigenvalue weighted by Crippen LogP contribution is -2.00. The van der Waals surface area contributed by atoms with E-state index < -0.39 is 0 Å². The SMILES string of the molecule is CCOC(C)c1cccc(CCCO)c1. The van der Waals surface area contributed by atoms with Gasteiger partial charge in [0.05, 0.1) is 6.10 Å². The molecule has 2 heteroatoms. The van der Waals surface area contributed by atoms with Gasteiger partial charge < -0.3 is 9.84 Å². The summed E-state index contributed by atoms with van der Waals surface area (Å²) in [5.74, 6) is 0. The van der Waals surface area contributed by atoms with Crippen LogP contribution in [0.3, 0.4) is 0 Å². The Morgan fingerprint density at radius 2 is 2.20 bits per heavy atom. The Balaban J connectivity index is 2.64. The fraction of sp³-hybridized carbons (Fsp3) is 0.538. The van der Waals surface area contributed by atoms with Crippen molar-refractivity contribution in [2.75, 3.05) is 13.2 Å². The molecule has 1 atom stereocenters. The van der Waals surface area contributed by atoms with E-state index in [0.717, 1.165) is 19.4 Å². The Labute approximate surface area is 91.9 Å². The van der Waals surface area contributed by atoms with Crippen molar-refractivity contribution in [3.63, 3.8) is 0 Å². The largest absolute Gasteiger partial charge is 0.396 e. The summed E-state index contributed by atoms with van der Waals surface area (Å²) in [5.41, 5.74) is 2.49. The summed E-state index contributed by atoms with van der Waals surface area (Å²) in [5, 5.41) is 8.77. The molecule has 0 spiro atoms. The first-order valence-electron chi connectivity index (χ1n) is 5.59. The van der Waals surface area contributed by atoms with E-state index in [4.69, 9.17) is 9.84 Å². The molecule has 0 aliphatic rings. The van der Waals surface area contributed by atoms with Crippen molar-refractivity contribution in [2.45, 2.75) is 32.8 Å². The van der Waals surface area contributed by atoms with Gasteiger partial charge in [-0.1, -0.05) is 24.3 Å². The molecule has 0 aliphatic heterocycles. The van der Waals surface area contributed by atoms with Crippen LogP contribution in [-0.4, -0.2) is 18.3 Å². The second-order valence-corrected chi connectivity index (χ2v) is 3.67. The molecule has 1 aromatic carbocycles. The molecule has 0 aromatic heterocycles. The average Bonchev–Trinajstić information content (AvgIpc) is 2.27. The van der Waals surface area contributed by atoms with Crippen LogP contribution < -0.4 is 0 Å². The first-order chi connectivity index (χ1) is 7.27. The van der Waals surface area contributed by atoms with Gasteiger partial charge in [-0.25, -0.2) is 0 Å². The quantitative estimate of drug-likeness (QED) is 0.779. The minimum absolute atomic E-state index is 0.157. The molecule has 0 saturated carbocycles. The molecule has 1 aromatic rings. The molecule has 84 valence electrons. The second kappa shape index (κ2) is 6.59. The zero-order chi connectivity index (χ0) is 11.1. The number of aliphatic hydroxyl groups excluding tert-OH is 1. The lowest BCUT2D eigenvalue weighted by molar-refractivity contribution is 0.0763. The Bertz CT molecular complexity index is 284. The Kier molecular flexibility index (Phi) is 5.37. The molecule has 0 aliphatic carbocycles. The molecule has 0 fully saturated rings. The molecule has 2 nitrogen and oxygen atoms in total. The average molecular weight is 208 g/mol.